The quantitative estimate of drug-likeness (QED) is 0.224. The monoisotopic (exact) mass is 240 g/mol. The summed E-state index contributed by atoms with van der Waals surface area (Å²) in [6.07, 6.45) is 6.45. The second-order valence-corrected chi connectivity index (χ2v) is 4.96. The van der Waals surface area contributed by atoms with E-state index in [-0.39, 0.29) is 17.7 Å². The number of aliphatic hydroxyl groups excluding tert-OH is 1. The number of aliphatic hydroxyl groups is 1. The molecule has 17 heavy (non-hydrogen) atoms. The van der Waals surface area contributed by atoms with E-state index < -0.39 is 6.10 Å². The summed E-state index contributed by atoms with van der Waals surface area (Å²) in [5.74, 6) is 5.14. The summed E-state index contributed by atoms with van der Waals surface area (Å²) in [7, 11) is 0. The third-order valence-electron chi connectivity index (χ3n) is 3.56. The van der Waals surface area contributed by atoms with Gasteiger partial charge in [0.1, 0.15) is 0 Å². The smallest absolute Gasteiger partial charge is 0.241 e. The van der Waals surface area contributed by atoms with E-state index in [2.05, 4.69) is 12.3 Å². The fourth-order valence-electron chi connectivity index (χ4n) is 2.74. The zero-order valence-corrected chi connectivity index (χ0v) is 10.8. The average molecular weight is 240 g/mol. The molecule has 0 aromatic carbocycles. The molecule has 4 N–H and O–H groups in total. The van der Waals surface area contributed by atoms with Crippen LogP contribution in [0.25, 0.3) is 0 Å². The molecular formula is C13H24N2O2. The standard InChI is InChI=1S/C13H24N2O2/c1-3-4-5-6-10-8-11(16)7-9(2)12(10)13(17)15-14/h7,10-12,16H,3-6,8,14H2,1-2H3,(H,15,17)/t10-,11-,12-/m0/s1. The van der Waals surface area contributed by atoms with Gasteiger partial charge in [-0.15, -0.1) is 0 Å². The van der Waals surface area contributed by atoms with Crippen LogP contribution in [-0.4, -0.2) is 17.1 Å². The molecule has 4 heteroatoms. The molecule has 1 rings (SSSR count). The van der Waals surface area contributed by atoms with Crippen LogP contribution in [0, 0.1) is 11.8 Å². The van der Waals surface area contributed by atoms with Gasteiger partial charge in [0.2, 0.25) is 5.91 Å². The van der Waals surface area contributed by atoms with Crippen LogP contribution < -0.4 is 11.3 Å². The van der Waals surface area contributed by atoms with E-state index in [0.717, 1.165) is 24.8 Å². The molecule has 0 aliphatic heterocycles. The number of nitrogens with one attached hydrogen (secondary N) is 1. The Morgan fingerprint density at radius 2 is 2.29 bits per heavy atom. The maximum absolute atomic E-state index is 11.8. The number of hydrogen-bond donors (Lipinski definition) is 3. The minimum Gasteiger partial charge on any atom is -0.389 e. The van der Waals surface area contributed by atoms with Crippen LogP contribution in [0.4, 0.5) is 0 Å². The van der Waals surface area contributed by atoms with Crippen molar-refractivity contribution in [1.29, 1.82) is 0 Å². The third kappa shape index (κ3) is 3.82. The normalized spacial score (nSPS) is 28.7. The number of nitrogens with two attached hydrogens (primary N) is 1. The van der Waals surface area contributed by atoms with Crippen molar-refractivity contribution in [3.8, 4) is 0 Å². The Balaban J connectivity index is 2.70. The molecule has 0 saturated carbocycles. The summed E-state index contributed by atoms with van der Waals surface area (Å²) in [5, 5.41) is 9.74. The highest BCUT2D eigenvalue weighted by molar-refractivity contribution is 5.81. The molecule has 1 aliphatic rings. The molecular weight excluding hydrogens is 216 g/mol. The van der Waals surface area contributed by atoms with Gasteiger partial charge in [0.25, 0.3) is 0 Å². The number of amides is 1. The topological polar surface area (TPSA) is 75.3 Å². The summed E-state index contributed by atoms with van der Waals surface area (Å²) >= 11 is 0. The number of rotatable bonds is 5. The molecule has 0 saturated heterocycles. The van der Waals surface area contributed by atoms with Gasteiger partial charge >= 0.3 is 0 Å². The Bertz CT molecular complexity index is 289. The second-order valence-electron chi connectivity index (χ2n) is 4.96. The maximum Gasteiger partial charge on any atom is 0.241 e. The van der Waals surface area contributed by atoms with E-state index >= 15 is 0 Å². The van der Waals surface area contributed by atoms with Gasteiger partial charge in [0.15, 0.2) is 0 Å². The summed E-state index contributed by atoms with van der Waals surface area (Å²) in [6.45, 7) is 4.06. The molecule has 0 spiro atoms. The van der Waals surface area contributed by atoms with E-state index in [1.165, 1.54) is 6.42 Å². The highest BCUT2D eigenvalue weighted by Gasteiger charge is 2.33. The van der Waals surface area contributed by atoms with Gasteiger partial charge in [-0.2, -0.15) is 0 Å². The molecule has 0 bridgehead atoms. The van der Waals surface area contributed by atoms with Crippen LogP contribution >= 0.6 is 0 Å². The summed E-state index contributed by atoms with van der Waals surface area (Å²) in [6, 6.07) is 0. The van der Waals surface area contributed by atoms with Crippen LogP contribution in [0.2, 0.25) is 0 Å². The number of hydrazine groups is 1. The molecule has 0 radical (unpaired) electrons. The summed E-state index contributed by atoms with van der Waals surface area (Å²) in [5.41, 5.74) is 3.18. The van der Waals surface area contributed by atoms with Crippen LogP contribution in [0.15, 0.2) is 11.6 Å². The van der Waals surface area contributed by atoms with Crippen molar-refractivity contribution in [2.24, 2.45) is 17.7 Å². The lowest BCUT2D eigenvalue weighted by atomic mass is 9.75. The van der Waals surface area contributed by atoms with Crippen LogP contribution in [0.3, 0.4) is 0 Å². The molecule has 3 atom stereocenters. The zero-order valence-electron chi connectivity index (χ0n) is 10.8. The molecule has 1 amide bonds. The molecule has 0 fully saturated rings. The van der Waals surface area contributed by atoms with E-state index in [4.69, 9.17) is 5.84 Å². The Hall–Kier alpha value is -0.870. The molecule has 0 unspecified atom stereocenters. The second kappa shape index (κ2) is 6.77. The lowest BCUT2D eigenvalue weighted by molar-refractivity contribution is -0.126. The van der Waals surface area contributed by atoms with Crippen molar-refractivity contribution >= 4 is 5.91 Å². The minimum absolute atomic E-state index is 0.132. The van der Waals surface area contributed by atoms with Gasteiger partial charge in [0.05, 0.1) is 12.0 Å². The van der Waals surface area contributed by atoms with Gasteiger partial charge in [0, 0.05) is 0 Å². The fourth-order valence-corrected chi connectivity index (χ4v) is 2.74. The van der Waals surface area contributed by atoms with Crippen molar-refractivity contribution in [1.82, 2.24) is 5.43 Å². The number of carbonyl (C=O) groups excluding carboxylic acids is 1. The van der Waals surface area contributed by atoms with Gasteiger partial charge < -0.3 is 5.11 Å². The van der Waals surface area contributed by atoms with Crippen LogP contribution in [0.1, 0.15) is 46.0 Å². The first-order valence-electron chi connectivity index (χ1n) is 6.47. The van der Waals surface area contributed by atoms with Crippen molar-refractivity contribution in [2.45, 2.75) is 52.1 Å². The Morgan fingerprint density at radius 1 is 1.59 bits per heavy atom. The predicted octanol–water partition coefficient (Wildman–Crippen LogP) is 1.50. The largest absolute Gasteiger partial charge is 0.389 e. The molecule has 0 aromatic heterocycles. The number of carbonyl (C=O) groups is 1. The Labute approximate surface area is 103 Å². The SMILES string of the molecule is CCCCC[C@H]1C[C@@H](O)C=C(C)[C@@H]1C(=O)NN. The van der Waals surface area contributed by atoms with Crippen LogP contribution in [-0.2, 0) is 4.79 Å². The van der Waals surface area contributed by atoms with E-state index in [1.807, 2.05) is 6.92 Å². The highest BCUT2D eigenvalue weighted by atomic mass is 16.3. The first-order chi connectivity index (χ1) is 8.10. The molecule has 0 heterocycles. The van der Waals surface area contributed by atoms with Gasteiger partial charge in [-0.1, -0.05) is 37.8 Å². The number of unbranched alkanes of at least 4 members (excludes halogenated alkanes) is 2. The van der Waals surface area contributed by atoms with Crippen molar-refractivity contribution in [2.75, 3.05) is 0 Å². The highest BCUT2D eigenvalue weighted by Crippen LogP contribution is 2.34. The molecule has 98 valence electrons. The maximum atomic E-state index is 11.8. The van der Waals surface area contributed by atoms with Gasteiger partial charge in [-0.3, -0.25) is 10.2 Å². The average Bonchev–Trinajstić information content (AvgIpc) is 2.28. The first-order valence-corrected chi connectivity index (χ1v) is 6.47. The molecule has 0 aromatic rings. The number of hydrogen-bond acceptors (Lipinski definition) is 3. The first kappa shape index (κ1) is 14.2. The Kier molecular flexibility index (Phi) is 5.65. The van der Waals surface area contributed by atoms with E-state index in [0.29, 0.717) is 6.42 Å². The van der Waals surface area contributed by atoms with E-state index in [9.17, 15) is 9.90 Å². The van der Waals surface area contributed by atoms with E-state index in [1.54, 1.807) is 6.08 Å². The summed E-state index contributed by atoms with van der Waals surface area (Å²) < 4.78 is 0. The van der Waals surface area contributed by atoms with Gasteiger partial charge in [-0.05, 0) is 25.7 Å². The molecule has 4 nitrogen and oxygen atoms in total. The minimum atomic E-state index is -0.413. The van der Waals surface area contributed by atoms with Crippen molar-refractivity contribution in [3.63, 3.8) is 0 Å². The predicted molar refractivity (Wildman–Crippen MR) is 67.8 cm³/mol. The van der Waals surface area contributed by atoms with Crippen LogP contribution in [0.5, 0.6) is 0 Å². The zero-order chi connectivity index (χ0) is 12.8. The summed E-state index contributed by atoms with van der Waals surface area (Å²) in [4.78, 5) is 11.8. The lowest BCUT2D eigenvalue weighted by Crippen LogP contribution is -2.42. The van der Waals surface area contributed by atoms with Crippen molar-refractivity contribution < 1.29 is 9.90 Å². The lowest BCUT2D eigenvalue weighted by Gasteiger charge is -2.32. The van der Waals surface area contributed by atoms with Gasteiger partial charge in [-0.25, -0.2) is 5.84 Å². The van der Waals surface area contributed by atoms with Crippen molar-refractivity contribution in [3.05, 3.63) is 11.6 Å². The fraction of sp³-hybridized carbons (Fsp3) is 0.769. The third-order valence-corrected chi connectivity index (χ3v) is 3.56. The molecule has 1 aliphatic carbocycles. The Morgan fingerprint density at radius 3 is 2.88 bits per heavy atom.